The maximum Gasteiger partial charge on any atom is 0.327 e. The van der Waals surface area contributed by atoms with Crippen molar-refractivity contribution in [3.8, 4) is 11.5 Å². The minimum atomic E-state index is -0.128. The second-order valence-corrected chi connectivity index (χ2v) is 8.37. The second kappa shape index (κ2) is 7.99. The number of nitrogens with zero attached hydrogens (tertiary/aromatic N) is 3. The Bertz CT molecular complexity index is 738. The molecule has 0 aliphatic carbocycles. The average Bonchev–Trinajstić information content (AvgIpc) is 2.94. The largest absolute Gasteiger partial charge is 0.486 e. The molecule has 0 N–H and O–H groups in total. The van der Waals surface area contributed by atoms with Crippen LogP contribution in [0.1, 0.15) is 26.7 Å². The average molecular weight is 387 g/mol. The van der Waals surface area contributed by atoms with Gasteiger partial charge in [-0.25, -0.2) is 4.79 Å². The lowest BCUT2D eigenvalue weighted by Gasteiger charge is -2.38. The van der Waals surface area contributed by atoms with Crippen molar-refractivity contribution in [2.24, 2.45) is 5.92 Å². The standard InChI is InChI=1S/C21H29N3O4/c1-15(2)10-23-13-20(25)24(21(23)26)16-6-5-9-22(11-16)12-17-14-27-18-7-3-4-8-19(18)28-17/h3-4,7-8,15-17H,5-6,9-14H2,1-2H3/t16-,17-/m0/s1. The minimum Gasteiger partial charge on any atom is -0.486 e. The maximum absolute atomic E-state index is 12.8. The fourth-order valence-corrected chi connectivity index (χ4v) is 4.36. The van der Waals surface area contributed by atoms with Crippen LogP contribution in [-0.2, 0) is 4.79 Å². The summed E-state index contributed by atoms with van der Waals surface area (Å²) >= 11 is 0. The summed E-state index contributed by atoms with van der Waals surface area (Å²) in [6.45, 7) is 7.87. The molecule has 3 heterocycles. The number of amides is 3. The Morgan fingerprint density at radius 1 is 1.18 bits per heavy atom. The molecule has 3 aliphatic rings. The van der Waals surface area contributed by atoms with Crippen LogP contribution >= 0.6 is 0 Å². The van der Waals surface area contributed by atoms with Crippen LogP contribution in [0.15, 0.2) is 24.3 Å². The zero-order valence-corrected chi connectivity index (χ0v) is 16.7. The maximum atomic E-state index is 12.8. The van der Waals surface area contributed by atoms with E-state index in [1.165, 1.54) is 4.90 Å². The van der Waals surface area contributed by atoms with Crippen LogP contribution in [0.2, 0.25) is 0 Å². The number of piperidine rings is 1. The Balaban J connectivity index is 1.36. The van der Waals surface area contributed by atoms with E-state index in [1.807, 2.05) is 24.3 Å². The van der Waals surface area contributed by atoms with Gasteiger partial charge in [-0.2, -0.15) is 0 Å². The molecule has 2 fully saturated rings. The Morgan fingerprint density at radius 2 is 1.96 bits per heavy atom. The molecule has 3 aliphatic heterocycles. The molecular weight excluding hydrogens is 358 g/mol. The van der Waals surface area contributed by atoms with Crippen LogP contribution in [0.3, 0.4) is 0 Å². The van der Waals surface area contributed by atoms with Crippen molar-refractivity contribution in [3.63, 3.8) is 0 Å². The number of hydrogen-bond donors (Lipinski definition) is 0. The predicted octanol–water partition coefficient (Wildman–Crippen LogP) is 2.21. The smallest absolute Gasteiger partial charge is 0.327 e. The van der Waals surface area contributed by atoms with Gasteiger partial charge >= 0.3 is 6.03 Å². The van der Waals surface area contributed by atoms with Crippen LogP contribution < -0.4 is 9.47 Å². The fourth-order valence-electron chi connectivity index (χ4n) is 4.36. The highest BCUT2D eigenvalue weighted by Crippen LogP contribution is 2.31. The Hall–Kier alpha value is -2.28. The first-order valence-corrected chi connectivity index (χ1v) is 10.2. The lowest BCUT2D eigenvalue weighted by Crippen LogP contribution is -2.53. The number of rotatable bonds is 5. The van der Waals surface area contributed by atoms with E-state index in [0.29, 0.717) is 25.6 Å². The molecule has 0 spiro atoms. The molecule has 0 saturated carbocycles. The summed E-state index contributed by atoms with van der Waals surface area (Å²) in [6.07, 6.45) is 1.79. The Labute approximate surface area is 166 Å². The third kappa shape index (κ3) is 3.94. The van der Waals surface area contributed by atoms with Crippen LogP contribution in [0, 0.1) is 5.92 Å². The van der Waals surface area contributed by atoms with Crippen LogP contribution in [-0.4, -0.2) is 78.1 Å². The first kappa shape index (κ1) is 19.1. The summed E-state index contributed by atoms with van der Waals surface area (Å²) in [5.74, 6) is 1.85. The minimum absolute atomic E-state index is 0.0453. The van der Waals surface area contributed by atoms with Crippen molar-refractivity contribution in [2.75, 3.05) is 39.3 Å². The third-order valence-electron chi connectivity index (χ3n) is 5.53. The molecule has 1 aromatic rings. The first-order valence-electron chi connectivity index (χ1n) is 10.2. The molecule has 2 saturated heterocycles. The van der Waals surface area contributed by atoms with Crippen molar-refractivity contribution in [1.29, 1.82) is 0 Å². The van der Waals surface area contributed by atoms with E-state index < -0.39 is 0 Å². The lowest BCUT2D eigenvalue weighted by atomic mass is 10.0. The second-order valence-electron chi connectivity index (χ2n) is 8.37. The quantitative estimate of drug-likeness (QED) is 0.725. The number of ether oxygens (including phenoxy) is 2. The van der Waals surface area contributed by atoms with Gasteiger partial charge in [0.15, 0.2) is 11.5 Å². The van der Waals surface area contributed by atoms with E-state index in [9.17, 15) is 9.59 Å². The molecule has 0 radical (unpaired) electrons. The Morgan fingerprint density at radius 3 is 2.75 bits per heavy atom. The molecule has 1 aromatic carbocycles. The first-order chi connectivity index (χ1) is 13.5. The number of imide groups is 1. The lowest BCUT2D eigenvalue weighted by molar-refractivity contribution is -0.127. The molecule has 28 heavy (non-hydrogen) atoms. The topological polar surface area (TPSA) is 62.3 Å². The van der Waals surface area contributed by atoms with Crippen LogP contribution in [0.4, 0.5) is 4.79 Å². The number of fused-ring (bicyclic) bond motifs is 1. The molecule has 2 atom stereocenters. The van der Waals surface area contributed by atoms with Crippen molar-refractivity contribution in [3.05, 3.63) is 24.3 Å². The SMILES string of the molecule is CC(C)CN1CC(=O)N([C@H]2CCCN(C[C@H]3COc4ccccc4O3)C2)C1=O. The van der Waals surface area contributed by atoms with Crippen molar-refractivity contribution in [1.82, 2.24) is 14.7 Å². The van der Waals surface area contributed by atoms with Crippen molar-refractivity contribution in [2.45, 2.75) is 38.8 Å². The number of carbonyl (C=O) groups excluding carboxylic acids is 2. The van der Waals surface area contributed by atoms with E-state index >= 15 is 0 Å². The molecule has 0 aromatic heterocycles. The van der Waals surface area contributed by atoms with Gasteiger partial charge in [-0.3, -0.25) is 14.6 Å². The number of carbonyl (C=O) groups is 2. The molecule has 152 valence electrons. The number of hydrogen-bond acceptors (Lipinski definition) is 5. The highest BCUT2D eigenvalue weighted by Gasteiger charge is 2.42. The summed E-state index contributed by atoms with van der Waals surface area (Å²) in [4.78, 5) is 30.7. The van der Waals surface area contributed by atoms with E-state index in [4.69, 9.17) is 9.47 Å². The van der Waals surface area contributed by atoms with E-state index in [0.717, 1.165) is 37.4 Å². The van der Waals surface area contributed by atoms with Gasteiger partial charge in [0.25, 0.3) is 5.91 Å². The zero-order valence-electron chi connectivity index (χ0n) is 16.7. The van der Waals surface area contributed by atoms with Crippen LogP contribution in [0.25, 0.3) is 0 Å². The number of likely N-dealkylation sites (tertiary alicyclic amines) is 1. The molecule has 3 amide bonds. The molecular formula is C21H29N3O4. The van der Waals surface area contributed by atoms with E-state index in [1.54, 1.807) is 4.90 Å². The summed E-state index contributed by atoms with van der Waals surface area (Å²) in [7, 11) is 0. The van der Waals surface area contributed by atoms with Gasteiger partial charge in [-0.05, 0) is 37.4 Å². The molecule has 7 heteroatoms. The third-order valence-corrected chi connectivity index (χ3v) is 5.53. The predicted molar refractivity (Wildman–Crippen MR) is 104 cm³/mol. The van der Waals surface area contributed by atoms with Gasteiger partial charge in [0, 0.05) is 19.6 Å². The summed E-state index contributed by atoms with van der Waals surface area (Å²) in [6, 6.07) is 7.53. The monoisotopic (exact) mass is 387 g/mol. The van der Waals surface area contributed by atoms with Crippen molar-refractivity contribution < 1.29 is 19.1 Å². The summed E-state index contributed by atoms with van der Waals surface area (Å²) in [5.41, 5.74) is 0. The molecule has 7 nitrogen and oxygen atoms in total. The van der Waals surface area contributed by atoms with Gasteiger partial charge in [0.1, 0.15) is 19.3 Å². The van der Waals surface area contributed by atoms with E-state index in [2.05, 4.69) is 18.7 Å². The zero-order chi connectivity index (χ0) is 19.7. The van der Waals surface area contributed by atoms with E-state index in [-0.39, 0.29) is 30.6 Å². The molecule has 0 unspecified atom stereocenters. The van der Waals surface area contributed by atoms with Gasteiger partial charge in [-0.15, -0.1) is 0 Å². The molecule has 0 bridgehead atoms. The normalized spacial score (nSPS) is 25.7. The summed E-state index contributed by atoms with van der Waals surface area (Å²) < 4.78 is 11.9. The van der Waals surface area contributed by atoms with Gasteiger partial charge in [0.05, 0.1) is 6.04 Å². The van der Waals surface area contributed by atoms with Gasteiger partial charge < -0.3 is 14.4 Å². The van der Waals surface area contributed by atoms with Gasteiger partial charge in [0.2, 0.25) is 0 Å². The van der Waals surface area contributed by atoms with Gasteiger partial charge in [-0.1, -0.05) is 26.0 Å². The van der Waals surface area contributed by atoms with Crippen LogP contribution in [0.5, 0.6) is 11.5 Å². The number of benzene rings is 1. The fraction of sp³-hybridized carbons (Fsp3) is 0.619. The number of para-hydroxylation sites is 2. The van der Waals surface area contributed by atoms with Crippen molar-refractivity contribution >= 4 is 11.9 Å². The highest BCUT2D eigenvalue weighted by atomic mass is 16.6. The number of urea groups is 1. The molecule has 4 rings (SSSR count). The Kier molecular flexibility index (Phi) is 5.44. The summed E-state index contributed by atoms with van der Waals surface area (Å²) in [5, 5.41) is 0. The highest BCUT2D eigenvalue weighted by molar-refractivity contribution is 6.02.